The van der Waals surface area contributed by atoms with Gasteiger partial charge in [-0.25, -0.2) is 0 Å². The molecular weight excluding hydrogens is 380 g/mol. The lowest BCUT2D eigenvalue weighted by atomic mass is 9.96. The van der Waals surface area contributed by atoms with E-state index in [1.54, 1.807) is 0 Å². The van der Waals surface area contributed by atoms with Crippen molar-refractivity contribution in [3.8, 4) is 0 Å². The highest BCUT2D eigenvalue weighted by atomic mass is 35.5. The zero-order chi connectivity index (χ0) is 21.1. The minimum Gasteiger partial charge on any atom is -0.380 e. The number of rotatable bonds is 8. The molecule has 29 heavy (non-hydrogen) atoms. The molecule has 1 saturated heterocycles. The molecule has 1 aliphatic heterocycles. The average Bonchev–Trinajstić information content (AvgIpc) is 2.76. The predicted octanol–water partition coefficient (Wildman–Crippen LogP) is 5.75. The summed E-state index contributed by atoms with van der Waals surface area (Å²) in [5.74, 6) is 0.604. The maximum absolute atomic E-state index is 6.12. The van der Waals surface area contributed by atoms with Crippen LogP contribution in [0.2, 0.25) is 5.02 Å². The lowest BCUT2D eigenvalue weighted by Gasteiger charge is -2.39. The van der Waals surface area contributed by atoms with E-state index in [0.29, 0.717) is 5.92 Å². The van der Waals surface area contributed by atoms with E-state index >= 15 is 0 Å². The van der Waals surface area contributed by atoms with Crippen LogP contribution < -0.4 is 0 Å². The summed E-state index contributed by atoms with van der Waals surface area (Å²) in [7, 11) is 0. The fraction of sp³-hybridized carbons (Fsp3) is 0.520. The van der Waals surface area contributed by atoms with E-state index in [2.05, 4.69) is 66.1 Å². The van der Waals surface area contributed by atoms with Gasteiger partial charge in [0.05, 0.1) is 12.6 Å². The zero-order valence-corrected chi connectivity index (χ0v) is 19.2. The van der Waals surface area contributed by atoms with Crippen molar-refractivity contribution < 1.29 is 4.74 Å². The Morgan fingerprint density at radius 1 is 0.862 bits per heavy atom. The van der Waals surface area contributed by atoms with E-state index in [4.69, 9.17) is 16.3 Å². The van der Waals surface area contributed by atoms with Crippen LogP contribution in [-0.2, 0) is 4.74 Å². The first kappa shape index (κ1) is 23.9. The number of ether oxygens (including phenoxy) is 1. The van der Waals surface area contributed by atoms with Crippen molar-refractivity contribution in [2.24, 2.45) is 5.92 Å². The molecule has 3 rings (SSSR count). The van der Waals surface area contributed by atoms with Crippen LogP contribution in [0.4, 0.5) is 0 Å². The highest BCUT2D eigenvalue weighted by Gasteiger charge is 2.26. The third kappa shape index (κ3) is 7.75. The lowest BCUT2D eigenvalue weighted by Crippen LogP contribution is -2.48. The Hall–Kier alpha value is -1.39. The fourth-order valence-electron chi connectivity index (χ4n) is 3.65. The Morgan fingerprint density at radius 3 is 2.03 bits per heavy atom. The van der Waals surface area contributed by atoms with Crippen LogP contribution in [0.25, 0.3) is 0 Å². The number of benzene rings is 2. The van der Waals surface area contributed by atoms with Gasteiger partial charge in [0.1, 0.15) is 0 Å². The fourth-order valence-corrected chi connectivity index (χ4v) is 3.78. The Balaban J connectivity index is 0.00000145. The van der Waals surface area contributed by atoms with E-state index in [9.17, 15) is 0 Å². The molecule has 0 N–H and O–H groups in total. The van der Waals surface area contributed by atoms with E-state index < -0.39 is 0 Å². The molecule has 160 valence electrons. The summed E-state index contributed by atoms with van der Waals surface area (Å²) in [4.78, 5) is 5.10. The molecule has 0 spiro atoms. The molecule has 1 fully saturated rings. The van der Waals surface area contributed by atoms with Gasteiger partial charge in [0, 0.05) is 44.4 Å². The molecular formula is C25H37ClN2O. The van der Waals surface area contributed by atoms with Crippen molar-refractivity contribution in [1.29, 1.82) is 0 Å². The van der Waals surface area contributed by atoms with Gasteiger partial charge in [0.2, 0.25) is 0 Å². The van der Waals surface area contributed by atoms with Crippen LogP contribution >= 0.6 is 11.6 Å². The number of hydrogen-bond acceptors (Lipinski definition) is 3. The van der Waals surface area contributed by atoms with Crippen molar-refractivity contribution in [1.82, 2.24) is 9.80 Å². The van der Waals surface area contributed by atoms with E-state index in [1.807, 2.05) is 26.0 Å². The molecule has 1 atom stereocenters. The second-order valence-corrected chi connectivity index (χ2v) is 8.15. The number of hydrogen-bond donors (Lipinski definition) is 0. The van der Waals surface area contributed by atoms with Crippen molar-refractivity contribution in [2.45, 2.75) is 33.7 Å². The molecule has 0 aromatic heterocycles. The van der Waals surface area contributed by atoms with Gasteiger partial charge in [-0.15, -0.1) is 0 Å². The number of piperazine rings is 1. The summed E-state index contributed by atoms with van der Waals surface area (Å²) in [5.41, 5.74) is 2.65. The normalized spacial score (nSPS) is 16.3. The summed E-state index contributed by atoms with van der Waals surface area (Å²) >= 11 is 6.12. The SMILES string of the molecule is CC.CC(C)COCCN1CCN(C(c2ccccc2)c2ccc(Cl)cc2)CC1. The summed E-state index contributed by atoms with van der Waals surface area (Å²) in [6.07, 6.45) is 0. The monoisotopic (exact) mass is 416 g/mol. The molecule has 0 aliphatic carbocycles. The first-order valence-corrected chi connectivity index (χ1v) is 11.4. The molecule has 0 bridgehead atoms. The topological polar surface area (TPSA) is 15.7 Å². The van der Waals surface area contributed by atoms with Gasteiger partial charge in [-0.2, -0.15) is 0 Å². The molecule has 2 aromatic rings. The van der Waals surface area contributed by atoms with E-state index in [0.717, 1.165) is 51.0 Å². The van der Waals surface area contributed by atoms with Crippen LogP contribution in [0, 0.1) is 5.92 Å². The van der Waals surface area contributed by atoms with Crippen LogP contribution in [0.5, 0.6) is 0 Å². The quantitative estimate of drug-likeness (QED) is 0.510. The summed E-state index contributed by atoms with van der Waals surface area (Å²) in [5, 5.41) is 0.789. The van der Waals surface area contributed by atoms with Crippen molar-refractivity contribution in [3.05, 3.63) is 70.7 Å². The number of nitrogens with zero attached hydrogens (tertiary/aromatic N) is 2. The molecule has 4 heteroatoms. The zero-order valence-electron chi connectivity index (χ0n) is 18.5. The first-order chi connectivity index (χ1) is 14.1. The molecule has 0 saturated carbocycles. The highest BCUT2D eigenvalue weighted by molar-refractivity contribution is 6.30. The third-order valence-corrected chi connectivity index (χ3v) is 5.33. The Kier molecular flexibility index (Phi) is 10.7. The minimum absolute atomic E-state index is 0.280. The van der Waals surface area contributed by atoms with Crippen LogP contribution in [0.1, 0.15) is 44.9 Å². The minimum atomic E-state index is 0.280. The standard InChI is InChI=1S/C23H31ClN2O.C2H6/c1-19(2)18-27-17-16-25-12-14-26(15-13-25)23(20-6-4-3-5-7-20)21-8-10-22(24)11-9-21;1-2/h3-11,19,23H,12-18H2,1-2H3;1-2H3. The Morgan fingerprint density at radius 2 is 1.45 bits per heavy atom. The maximum atomic E-state index is 6.12. The summed E-state index contributed by atoms with van der Waals surface area (Å²) < 4.78 is 5.75. The van der Waals surface area contributed by atoms with Gasteiger partial charge in [-0.1, -0.05) is 81.8 Å². The van der Waals surface area contributed by atoms with Crippen molar-refractivity contribution >= 4 is 11.6 Å². The van der Waals surface area contributed by atoms with E-state index in [1.165, 1.54) is 11.1 Å². The first-order valence-electron chi connectivity index (χ1n) is 11.0. The van der Waals surface area contributed by atoms with Gasteiger partial charge < -0.3 is 4.74 Å². The highest BCUT2D eigenvalue weighted by Crippen LogP contribution is 2.30. The molecule has 1 unspecified atom stereocenters. The Labute approximate surface area is 182 Å². The van der Waals surface area contributed by atoms with Gasteiger partial charge >= 0.3 is 0 Å². The van der Waals surface area contributed by atoms with Crippen LogP contribution in [0.15, 0.2) is 54.6 Å². The lowest BCUT2D eigenvalue weighted by molar-refractivity contribution is 0.0577. The maximum Gasteiger partial charge on any atom is 0.0602 e. The Bertz CT molecular complexity index is 667. The molecule has 3 nitrogen and oxygen atoms in total. The second-order valence-electron chi connectivity index (χ2n) is 7.71. The van der Waals surface area contributed by atoms with E-state index in [-0.39, 0.29) is 6.04 Å². The van der Waals surface area contributed by atoms with Crippen molar-refractivity contribution in [2.75, 3.05) is 45.9 Å². The van der Waals surface area contributed by atoms with Gasteiger partial charge in [0.15, 0.2) is 0 Å². The predicted molar refractivity (Wildman–Crippen MR) is 125 cm³/mol. The average molecular weight is 417 g/mol. The van der Waals surface area contributed by atoms with Crippen LogP contribution in [0.3, 0.4) is 0 Å². The summed E-state index contributed by atoms with van der Waals surface area (Å²) in [6, 6.07) is 19.4. The second kappa shape index (κ2) is 13.0. The molecule has 0 amide bonds. The van der Waals surface area contributed by atoms with Gasteiger partial charge in [0.25, 0.3) is 0 Å². The van der Waals surface area contributed by atoms with Crippen molar-refractivity contribution in [3.63, 3.8) is 0 Å². The largest absolute Gasteiger partial charge is 0.380 e. The van der Waals surface area contributed by atoms with Gasteiger partial charge in [-0.05, 0) is 29.2 Å². The smallest absolute Gasteiger partial charge is 0.0602 e. The summed E-state index contributed by atoms with van der Waals surface area (Å²) in [6.45, 7) is 15.4. The molecule has 1 aliphatic rings. The molecule has 0 radical (unpaired) electrons. The molecule has 1 heterocycles. The third-order valence-electron chi connectivity index (χ3n) is 5.08. The number of halogens is 1. The molecule has 2 aromatic carbocycles. The van der Waals surface area contributed by atoms with Gasteiger partial charge in [-0.3, -0.25) is 9.80 Å². The van der Waals surface area contributed by atoms with Crippen LogP contribution in [-0.4, -0.2) is 55.7 Å².